The van der Waals surface area contributed by atoms with Crippen molar-refractivity contribution in [1.82, 2.24) is 15.0 Å². The maximum Gasteiger partial charge on any atom is 0.246 e. The number of pyridine rings is 1. The molecular formula is C24H21N5O. The number of carbonyl (C=O) groups is 1. The SMILES string of the molecule is CN(C(=O)CNc1cc(-c2cccnc2)nc(-c2ccccc2)n1)c1ccccc1. The zero-order valence-corrected chi connectivity index (χ0v) is 16.6. The highest BCUT2D eigenvalue weighted by Gasteiger charge is 2.13. The third kappa shape index (κ3) is 4.50. The number of likely N-dealkylation sites (N-methyl/N-ethyl adjacent to an activating group) is 1. The van der Waals surface area contributed by atoms with Gasteiger partial charge in [0.2, 0.25) is 5.91 Å². The lowest BCUT2D eigenvalue weighted by Crippen LogP contribution is -2.32. The van der Waals surface area contributed by atoms with Gasteiger partial charge in [0.1, 0.15) is 5.82 Å². The fourth-order valence-electron chi connectivity index (χ4n) is 3.00. The number of rotatable bonds is 6. The highest BCUT2D eigenvalue weighted by Crippen LogP contribution is 2.24. The molecule has 6 nitrogen and oxygen atoms in total. The van der Waals surface area contributed by atoms with Gasteiger partial charge >= 0.3 is 0 Å². The van der Waals surface area contributed by atoms with Crippen molar-refractivity contribution in [2.24, 2.45) is 0 Å². The smallest absolute Gasteiger partial charge is 0.246 e. The molecule has 4 aromatic rings. The van der Waals surface area contributed by atoms with Gasteiger partial charge in [-0.2, -0.15) is 0 Å². The Hall–Kier alpha value is -4.06. The standard InChI is InChI=1S/C24H21N5O/c1-29(20-12-6-3-7-13-20)23(30)17-26-22-15-21(19-11-8-14-25-16-19)27-24(28-22)18-9-4-2-5-10-18/h2-16H,17H2,1H3,(H,26,27,28). The molecule has 0 unspecified atom stereocenters. The molecule has 0 radical (unpaired) electrons. The number of amides is 1. The van der Waals surface area contributed by atoms with Crippen LogP contribution in [-0.2, 0) is 4.79 Å². The predicted octanol–water partition coefficient (Wildman–Crippen LogP) is 4.28. The number of benzene rings is 2. The van der Waals surface area contributed by atoms with E-state index in [0.717, 1.165) is 22.5 Å². The van der Waals surface area contributed by atoms with Gasteiger partial charge in [0.25, 0.3) is 0 Å². The highest BCUT2D eigenvalue weighted by molar-refractivity contribution is 5.95. The van der Waals surface area contributed by atoms with Crippen LogP contribution in [0.3, 0.4) is 0 Å². The summed E-state index contributed by atoms with van der Waals surface area (Å²) in [6.07, 6.45) is 3.48. The summed E-state index contributed by atoms with van der Waals surface area (Å²) in [5, 5.41) is 3.15. The molecule has 0 aliphatic heterocycles. The first-order valence-electron chi connectivity index (χ1n) is 9.61. The Balaban J connectivity index is 1.60. The molecule has 2 aromatic carbocycles. The van der Waals surface area contributed by atoms with E-state index < -0.39 is 0 Å². The second-order valence-corrected chi connectivity index (χ2v) is 6.71. The van der Waals surface area contributed by atoms with Gasteiger partial charge in [-0.3, -0.25) is 9.78 Å². The molecule has 0 aliphatic carbocycles. The minimum Gasteiger partial charge on any atom is -0.361 e. The van der Waals surface area contributed by atoms with Crippen LogP contribution in [0.25, 0.3) is 22.6 Å². The first kappa shape index (κ1) is 19.3. The van der Waals surface area contributed by atoms with E-state index in [0.29, 0.717) is 11.6 Å². The third-order valence-corrected chi connectivity index (χ3v) is 4.65. The molecule has 4 rings (SSSR count). The fourth-order valence-corrected chi connectivity index (χ4v) is 3.00. The Labute approximate surface area is 175 Å². The zero-order valence-electron chi connectivity index (χ0n) is 16.6. The van der Waals surface area contributed by atoms with Crippen LogP contribution >= 0.6 is 0 Å². The first-order chi connectivity index (χ1) is 14.7. The topological polar surface area (TPSA) is 71.0 Å². The highest BCUT2D eigenvalue weighted by atomic mass is 16.2. The van der Waals surface area contributed by atoms with Crippen LogP contribution < -0.4 is 10.2 Å². The van der Waals surface area contributed by atoms with Crippen molar-refractivity contribution in [3.8, 4) is 22.6 Å². The Morgan fingerprint density at radius 2 is 1.60 bits per heavy atom. The second kappa shape index (κ2) is 8.96. The van der Waals surface area contributed by atoms with E-state index in [1.807, 2.05) is 78.9 Å². The molecule has 0 saturated heterocycles. The summed E-state index contributed by atoms with van der Waals surface area (Å²) in [6, 6.07) is 24.9. The summed E-state index contributed by atoms with van der Waals surface area (Å²) >= 11 is 0. The van der Waals surface area contributed by atoms with E-state index in [9.17, 15) is 4.79 Å². The number of nitrogens with zero attached hydrogens (tertiary/aromatic N) is 4. The lowest BCUT2D eigenvalue weighted by molar-refractivity contribution is -0.116. The lowest BCUT2D eigenvalue weighted by Gasteiger charge is -2.18. The largest absolute Gasteiger partial charge is 0.361 e. The molecule has 0 aliphatic rings. The summed E-state index contributed by atoms with van der Waals surface area (Å²) in [6.45, 7) is 0.114. The van der Waals surface area contributed by atoms with Gasteiger partial charge in [-0.15, -0.1) is 0 Å². The van der Waals surface area contributed by atoms with Gasteiger partial charge in [0, 0.05) is 42.3 Å². The molecule has 6 heteroatoms. The van der Waals surface area contributed by atoms with Crippen molar-refractivity contribution in [2.45, 2.75) is 0 Å². The Bertz CT molecular complexity index is 1060. The van der Waals surface area contributed by atoms with Crippen LogP contribution in [0, 0.1) is 0 Å². The Morgan fingerprint density at radius 1 is 0.900 bits per heavy atom. The molecule has 0 bridgehead atoms. The van der Waals surface area contributed by atoms with E-state index in [2.05, 4.69) is 15.3 Å². The summed E-state index contributed by atoms with van der Waals surface area (Å²) in [5.41, 5.74) is 3.36. The fraction of sp³-hybridized carbons (Fsp3) is 0.0833. The molecule has 1 amide bonds. The van der Waals surface area contributed by atoms with E-state index in [1.54, 1.807) is 24.3 Å². The van der Waals surface area contributed by atoms with Gasteiger partial charge in [-0.05, 0) is 24.3 Å². The monoisotopic (exact) mass is 395 g/mol. The summed E-state index contributed by atoms with van der Waals surface area (Å²) in [7, 11) is 1.76. The van der Waals surface area contributed by atoms with Crippen molar-refractivity contribution < 1.29 is 4.79 Å². The van der Waals surface area contributed by atoms with Crippen molar-refractivity contribution in [2.75, 3.05) is 23.8 Å². The van der Waals surface area contributed by atoms with Crippen molar-refractivity contribution >= 4 is 17.4 Å². The number of para-hydroxylation sites is 1. The van der Waals surface area contributed by atoms with Gasteiger partial charge < -0.3 is 10.2 Å². The lowest BCUT2D eigenvalue weighted by atomic mass is 10.1. The van der Waals surface area contributed by atoms with Gasteiger partial charge in [-0.25, -0.2) is 9.97 Å². The van der Waals surface area contributed by atoms with Crippen LogP contribution in [0.2, 0.25) is 0 Å². The van der Waals surface area contributed by atoms with Crippen molar-refractivity contribution in [3.63, 3.8) is 0 Å². The van der Waals surface area contributed by atoms with Gasteiger partial charge in [0.15, 0.2) is 5.82 Å². The molecule has 0 fully saturated rings. The number of hydrogen-bond donors (Lipinski definition) is 1. The average Bonchev–Trinajstić information content (AvgIpc) is 2.83. The van der Waals surface area contributed by atoms with Gasteiger partial charge in [-0.1, -0.05) is 48.5 Å². The number of hydrogen-bond acceptors (Lipinski definition) is 5. The average molecular weight is 395 g/mol. The zero-order chi connectivity index (χ0) is 20.8. The predicted molar refractivity (Wildman–Crippen MR) is 119 cm³/mol. The van der Waals surface area contributed by atoms with E-state index >= 15 is 0 Å². The van der Waals surface area contributed by atoms with E-state index in [1.165, 1.54) is 0 Å². The van der Waals surface area contributed by atoms with E-state index in [4.69, 9.17) is 4.98 Å². The quantitative estimate of drug-likeness (QED) is 0.528. The molecule has 0 spiro atoms. The summed E-state index contributed by atoms with van der Waals surface area (Å²) in [5.74, 6) is 1.10. The van der Waals surface area contributed by atoms with Crippen LogP contribution in [0.5, 0.6) is 0 Å². The number of aromatic nitrogens is 3. The molecule has 2 aromatic heterocycles. The molecule has 0 saturated carbocycles. The third-order valence-electron chi connectivity index (χ3n) is 4.65. The van der Waals surface area contributed by atoms with Crippen molar-refractivity contribution in [3.05, 3.63) is 91.3 Å². The number of anilines is 2. The Morgan fingerprint density at radius 3 is 2.30 bits per heavy atom. The normalized spacial score (nSPS) is 10.4. The van der Waals surface area contributed by atoms with E-state index in [-0.39, 0.29) is 12.5 Å². The molecule has 2 heterocycles. The molecule has 0 atom stereocenters. The summed E-state index contributed by atoms with van der Waals surface area (Å²) < 4.78 is 0. The number of carbonyl (C=O) groups excluding carboxylic acids is 1. The minimum atomic E-state index is -0.0657. The van der Waals surface area contributed by atoms with Crippen LogP contribution in [-0.4, -0.2) is 34.5 Å². The first-order valence-corrected chi connectivity index (χ1v) is 9.61. The van der Waals surface area contributed by atoms with Crippen LogP contribution in [0.15, 0.2) is 91.3 Å². The van der Waals surface area contributed by atoms with Crippen LogP contribution in [0.1, 0.15) is 0 Å². The maximum atomic E-state index is 12.6. The second-order valence-electron chi connectivity index (χ2n) is 6.71. The summed E-state index contributed by atoms with van der Waals surface area (Å²) in [4.78, 5) is 27.8. The minimum absolute atomic E-state index is 0.0657. The molecule has 30 heavy (non-hydrogen) atoms. The van der Waals surface area contributed by atoms with Crippen molar-refractivity contribution in [1.29, 1.82) is 0 Å². The Kier molecular flexibility index (Phi) is 5.75. The molecular weight excluding hydrogens is 374 g/mol. The molecule has 148 valence electrons. The molecule has 1 N–H and O–H groups in total. The maximum absolute atomic E-state index is 12.6. The van der Waals surface area contributed by atoms with Gasteiger partial charge in [0.05, 0.1) is 12.2 Å². The van der Waals surface area contributed by atoms with Crippen LogP contribution in [0.4, 0.5) is 11.5 Å². The number of nitrogens with one attached hydrogen (secondary N) is 1.